The Bertz CT molecular complexity index is 315. The third kappa shape index (κ3) is 10.1. The van der Waals surface area contributed by atoms with E-state index < -0.39 is 36.7 Å². The van der Waals surface area contributed by atoms with Crippen molar-refractivity contribution < 1.29 is 45.2 Å². The van der Waals surface area contributed by atoms with Gasteiger partial charge in [0.25, 0.3) is 0 Å². The number of hydrogen-bond acceptors (Lipinski definition) is 9. The van der Waals surface area contributed by atoms with Crippen molar-refractivity contribution >= 4 is 11.9 Å². The number of hydrogen-bond donors (Lipinski definition) is 7. The van der Waals surface area contributed by atoms with E-state index in [2.05, 4.69) is 20.4 Å². The minimum Gasteiger partial charge on any atom is -0.481 e. The van der Waals surface area contributed by atoms with Crippen molar-refractivity contribution in [3.63, 3.8) is 0 Å². The molecule has 0 aromatic rings. The molecule has 11 heteroatoms. The van der Waals surface area contributed by atoms with Gasteiger partial charge in [0.15, 0.2) is 0 Å². The van der Waals surface area contributed by atoms with Crippen LogP contribution in [0.2, 0.25) is 0 Å². The molecule has 0 aliphatic carbocycles. The van der Waals surface area contributed by atoms with Gasteiger partial charge in [-0.05, 0) is 6.42 Å². The number of carboxylic acids is 2. The lowest BCUT2D eigenvalue weighted by Crippen LogP contribution is -2.50. The van der Waals surface area contributed by atoms with Gasteiger partial charge in [0, 0.05) is 12.6 Å². The van der Waals surface area contributed by atoms with E-state index in [1.54, 1.807) is 0 Å². The first-order valence-electron chi connectivity index (χ1n) is 6.05. The molecule has 0 aromatic heterocycles. The van der Waals surface area contributed by atoms with Crippen molar-refractivity contribution in [1.82, 2.24) is 10.6 Å². The minimum atomic E-state index is -1.35. The Morgan fingerprint density at radius 3 is 2.29 bits per heavy atom. The van der Waals surface area contributed by atoms with Crippen LogP contribution in [0, 0.1) is 0 Å². The monoisotopic (exact) mass is 312 g/mol. The molecule has 0 rings (SSSR count). The van der Waals surface area contributed by atoms with E-state index in [9.17, 15) is 14.7 Å². The van der Waals surface area contributed by atoms with Crippen LogP contribution in [0.15, 0.2) is 0 Å². The summed E-state index contributed by atoms with van der Waals surface area (Å²) in [6.07, 6.45) is -1.66. The van der Waals surface area contributed by atoms with Crippen molar-refractivity contribution in [2.75, 3.05) is 19.8 Å². The molecule has 0 aliphatic heterocycles. The van der Waals surface area contributed by atoms with Gasteiger partial charge in [-0.25, -0.2) is 9.78 Å². The van der Waals surface area contributed by atoms with Crippen molar-refractivity contribution in [2.24, 2.45) is 0 Å². The van der Waals surface area contributed by atoms with Crippen molar-refractivity contribution in [1.29, 1.82) is 0 Å². The molecule has 21 heavy (non-hydrogen) atoms. The van der Waals surface area contributed by atoms with Gasteiger partial charge in [-0.2, -0.15) is 0 Å². The molecule has 3 unspecified atom stereocenters. The summed E-state index contributed by atoms with van der Waals surface area (Å²) in [5.41, 5.74) is 0. The number of aliphatic hydroxyl groups is 1. The maximum absolute atomic E-state index is 10.8. The Hall–Kier alpha value is -1.34. The maximum atomic E-state index is 10.8. The molecule has 0 radical (unpaired) electrons. The molecule has 0 amide bonds. The lowest BCUT2D eigenvalue weighted by atomic mass is 10.2. The number of carbonyl (C=O) groups is 2. The Balaban J connectivity index is 4.21. The largest absolute Gasteiger partial charge is 0.481 e. The second kappa shape index (κ2) is 11.3. The minimum absolute atomic E-state index is 0.0715. The van der Waals surface area contributed by atoms with E-state index in [1.807, 2.05) is 0 Å². The van der Waals surface area contributed by atoms with Gasteiger partial charge < -0.3 is 15.3 Å². The zero-order valence-corrected chi connectivity index (χ0v) is 11.1. The number of carboxylic acid groups (broad SMARTS) is 2. The molecule has 0 saturated carbocycles. The maximum Gasteiger partial charge on any atom is 0.321 e. The molecule has 0 heterocycles. The van der Waals surface area contributed by atoms with Crippen LogP contribution < -0.4 is 10.6 Å². The first kappa shape index (κ1) is 19.7. The summed E-state index contributed by atoms with van der Waals surface area (Å²) in [6, 6.07) is -1.91. The molecule has 7 N–H and O–H groups in total. The van der Waals surface area contributed by atoms with Gasteiger partial charge in [0.2, 0.25) is 0 Å². The Kier molecular flexibility index (Phi) is 10.6. The fraction of sp³-hybridized carbons (Fsp3) is 0.800. The van der Waals surface area contributed by atoms with Gasteiger partial charge >= 0.3 is 11.9 Å². The van der Waals surface area contributed by atoms with Gasteiger partial charge in [-0.15, -0.1) is 0 Å². The molecule has 11 nitrogen and oxygen atoms in total. The fourth-order valence-corrected chi connectivity index (χ4v) is 1.51. The van der Waals surface area contributed by atoms with E-state index in [1.165, 1.54) is 0 Å². The second-order valence-corrected chi connectivity index (χ2v) is 4.19. The average molecular weight is 312 g/mol. The molecule has 0 aliphatic rings. The molecular weight excluding hydrogens is 292 g/mol. The third-order valence-electron chi connectivity index (χ3n) is 2.50. The quantitative estimate of drug-likeness (QED) is 0.115. The van der Waals surface area contributed by atoms with E-state index >= 15 is 0 Å². The molecule has 0 saturated heterocycles. The smallest absolute Gasteiger partial charge is 0.321 e. The number of aliphatic hydroxyl groups excluding tert-OH is 1. The summed E-state index contributed by atoms with van der Waals surface area (Å²) >= 11 is 0. The van der Waals surface area contributed by atoms with Gasteiger partial charge in [-0.3, -0.25) is 30.7 Å². The highest BCUT2D eigenvalue weighted by Crippen LogP contribution is 1.97. The SMILES string of the molecule is O=C(O)CC(NCC(O)NC(CCOO)COO)C(=O)O. The first-order valence-corrected chi connectivity index (χ1v) is 6.05. The summed E-state index contributed by atoms with van der Waals surface area (Å²) in [4.78, 5) is 29.0. The Morgan fingerprint density at radius 1 is 1.14 bits per heavy atom. The lowest BCUT2D eigenvalue weighted by Gasteiger charge is -2.22. The van der Waals surface area contributed by atoms with Crippen LogP contribution >= 0.6 is 0 Å². The standard InChI is InChI=1S/C10H20N2O9/c13-8(12-6(5-21-19)1-2-20-18)4-11-7(10(16)17)3-9(14)15/h6-8,11-13,18-19H,1-5H2,(H,14,15)(H,16,17). The lowest BCUT2D eigenvalue weighted by molar-refractivity contribution is -0.258. The fourth-order valence-electron chi connectivity index (χ4n) is 1.51. The van der Waals surface area contributed by atoms with Crippen LogP contribution in [0.5, 0.6) is 0 Å². The van der Waals surface area contributed by atoms with Crippen LogP contribution in [0.1, 0.15) is 12.8 Å². The number of nitrogens with one attached hydrogen (secondary N) is 2. The van der Waals surface area contributed by atoms with Gasteiger partial charge in [-0.1, -0.05) is 0 Å². The molecule has 3 atom stereocenters. The topological polar surface area (TPSA) is 178 Å². The molecular formula is C10H20N2O9. The van der Waals surface area contributed by atoms with Crippen LogP contribution in [-0.2, 0) is 19.4 Å². The van der Waals surface area contributed by atoms with Crippen LogP contribution in [0.25, 0.3) is 0 Å². The van der Waals surface area contributed by atoms with E-state index in [0.29, 0.717) is 0 Å². The Morgan fingerprint density at radius 2 is 1.81 bits per heavy atom. The Labute approximate surface area is 120 Å². The van der Waals surface area contributed by atoms with Crippen molar-refractivity contribution in [3.8, 4) is 0 Å². The second-order valence-electron chi connectivity index (χ2n) is 4.19. The molecule has 0 aromatic carbocycles. The zero-order valence-electron chi connectivity index (χ0n) is 11.1. The average Bonchev–Trinajstić information content (AvgIpc) is 2.40. The summed E-state index contributed by atoms with van der Waals surface area (Å²) in [5.74, 6) is -2.64. The summed E-state index contributed by atoms with van der Waals surface area (Å²) in [6.45, 7) is -0.512. The van der Waals surface area contributed by atoms with Crippen molar-refractivity contribution in [3.05, 3.63) is 0 Å². The highest BCUT2D eigenvalue weighted by atomic mass is 17.1. The van der Waals surface area contributed by atoms with Crippen LogP contribution in [0.3, 0.4) is 0 Å². The summed E-state index contributed by atoms with van der Waals surface area (Å²) in [5, 5.41) is 48.5. The van der Waals surface area contributed by atoms with Gasteiger partial charge in [0.05, 0.1) is 19.6 Å². The summed E-state index contributed by atoms with van der Waals surface area (Å²) < 4.78 is 0. The van der Waals surface area contributed by atoms with Crippen LogP contribution in [0.4, 0.5) is 0 Å². The third-order valence-corrected chi connectivity index (χ3v) is 2.50. The van der Waals surface area contributed by atoms with E-state index in [4.69, 9.17) is 20.7 Å². The molecule has 0 fully saturated rings. The highest BCUT2D eigenvalue weighted by molar-refractivity contribution is 5.80. The zero-order chi connectivity index (χ0) is 16.3. The normalized spacial score (nSPS) is 15.4. The first-order chi connectivity index (χ1) is 9.90. The van der Waals surface area contributed by atoms with E-state index in [-0.39, 0.29) is 26.2 Å². The molecule has 0 spiro atoms. The highest BCUT2D eigenvalue weighted by Gasteiger charge is 2.22. The molecule has 124 valence electrons. The predicted octanol–water partition coefficient (Wildman–Crippen LogP) is -1.85. The van der Waals surface area contributed by atoms with Gasteiger partial charge in [0.1, 0.15) is 12.3 Å². The number of aliphatic carboxylic acids is 2. The number of rotatable bonds is 13. The predicted molar refractivity (Wildman–Crippen MR) is 66.4 cm³/mol. The molecule has 0 bridgehead atoms. The summed E-state index contributed by atoms with van der Waals surface area (Å²) in [7, 11) is 0. The van der Waals surface area contributed by atoms with Crippen molar-refractivity contribution in [2.45, 2.75) is 31.2 Å². The van der Waals surface area contributed by atoms with E-state index in [0.717, 1.165) is 0 Å². The van der Waals surface area contributed by atoms with Crippen LogP contribution in [-0.4, -0.2) is 75.8 Å².